The lowest BCUT2D eigenvalue weighted by molar-refractivity contribution is 0.0950. The Kier molecular flexibility index (Phi) is 4.57. The molecule has 6 heteroatoms. The summed E-state index contributed by atoms with van der Waals surface area (Å²) in [7, 11) is 1.56. The van der Waals surface area contributed by atoms with Gasteiger partial charge in [-0.2, -0.15) is 0 Å². The molecular weight excluding hydrogens is 322 g/mol. The predicted octanol–water partition coefficient (Wildman–Crippen LogP) is 2.36. The van der Waals surface area contributed by atoms with Gasteiger partial charge in [0.05, 0.1) is 18.4 Å². The summed E-state index contributed by atoms with van der Waals surface area (Å²) >= 11 is 3.28. The van der Waals surface area contributed by atoms with Crippen LogP contribution in [0.5, 0.6) is 5.75 Å². The molecule has 1 aromatic heterocycles. The van der Waals surface area contributed by atoms with Crippen LogP contribution in [0.4, 0.5) is 5.69 Å². The molecule has 1 amide bonds. The normalized spacial score (nSPS) is 10.1. The van der Waals surface area contributed by atoms with Gasteiger partial charge >= 0.3 is 0 Å². The smallest absolute Gasteiger partial charge is 0.253 e. The third kappa shape index (κ3) is 3.48. The fourth-order valence-corrected chi connectivity index (χ4v) is 2.08. The number of hydrogen-bond acceptors (Lipinski definition) is 4. The second-order valence-electron chi connectivity index (χ2n) is 4.15. The summed E-state index contributed by atoms with van der Waals surface area (Å²) < 4.78 is 5.85. The zero-order valence-electron chi connectivity index (χ0n) is 10.9. The minimum Gasteiger partial charge on any atom is -0.495 e. The number of rotatable bonds is 4. The van der Waals surface area contributed by atoms with Crippen molar-refractivity contribution in [3.05, 3.63) is 52.3 Å². The van der Waals surface area contributed by atoms with Crippen LogP contribution in [0.25, 0.3) is 0 Å². The molecule has 0 bridgehead atoms. The van der Waals surface area contributed by atoms with Crippen molar-refractivity contribution in [2.24, 2.45) is 0 Å². The van der Waals surface area contributed by atoms with Crippen molar-refractivity contribution >= 4 is 27.5 Å². The van der Waals surface area contributed by atoms with E-state index >= 15 is 0 Å². The van der Waals surface area contributed by atoms with E-state index in [0.717, 1.165) is 10.0 Å². The number of amides is 1. The van der Waals surface area contributed by atoms with Crippen molar-refractivity contribution in [1.82, 2.24) is 10.3 Å². The average molecular weight is 336 g/mol. The summed E-state index contributed by atoms with van der Waals surface area (Å²) in [6, 6.07) is 7.12. The number of methoxy groups -OCH3 is 1. The molecule has 0 aliphatic rings. The van der Waals surface area contributed by atoms with E-state index in [4.69, 9.17) is 10.5 Å². The van der Waals surface area contributed by atoms with Crippen LogP contribution in [-0.4, -0.2) is 18.0 Å². The third-order valence-electron chi connectivity index (χ3n) is 2.71. The van der Waals surface area contributed by atoms with Crippen molar-refractivity contribution in [2.75, 3.05) is 12.8 Å². The lowest BCUT2D eigenvalue weighted by Crippen LogP contribution is -2.23. The number of anilines is 1. The molecule has 104 valence electrons. The Balaban J connectivity index is 2.02. The zero-order chi connectivity index (χ0) is 14.5. The van der Waals surface area contributed by atoms with E-state index in [1.807, 2.05) is 6.07 Å². The monoisotopic (exact) mass is 335 g/mol. The van der Waals surface area contributed by atoms with Gasteiger partial charge < -0.3 is 15.8 Å². The number of nitrogens with zero attached hydrogens (tertiary/aromatic N) is 1. The molecular formula is C14H14BrN3O2. The highest BCUT2D eigenvalue weighted by molar-refractivity contribution is 9.10. The first-order valence-electron chi connectivity index (χ1n) is 5.91. The number of nitrogens with two attached hydrogens (primary N) is 1. The van der Waals surface area contributed by atoms with Crippen LogP contribution in [0.2, 0.25) is 0 Å². The number of hydrogen-bond donors (Lipinski definition) is 2. The number of pyridine rings is 1. The second kappa shape index (κ2) is 6.38. The Bertz CT molecular complexity index is 632. The molecule has 2 rings (SSSR count). The predicted molar refractivity (Wildman–Crippen MR) is 80.5 cm³/mol. The molecule has 20 heavy (non-hydrogen) atoms. The van der Waals surface area contributed by atoms with E-state index < -0.39 is 0 Å². The maximum atomic E-state index is 12.0. The first-order chi connectivity index (χ1) is 9.60. The van der Waals surface area contributed by atoms with Gasteiger partial charge in [-0.3, -0.25) is 9.78 Å². The highest BCUT2D eigenvalue weighted by Gasteiger charge is 2.07. The van der Waals surface area contributed by atoms with Gasteiger partial charge in [-0.1, -0.05) is 6.07 Å². The average Bonchev–Trinajstić information content (AvgIpc) is 2.45. The van der Waals surface area contributed by atoms with Crippen LogP contribution in [0.15, 0.2) is 41.1 Å². The number of aromatic nitrogens is 1. The maximum absolute atomic E-state index is 12.0. The third-order valence-corrected chi connectivity index (χ3v) is 3.15. The number of halogens is 1. The van der Waals surface area contributed by atoms with Crippen molar-refractivity contribution < 1.29 is 9.53 Å². The molecule has 3 N–H and O–H groups in total. The number of benzene rings is 1. The van der Waals surface area contributed by atoms with Crippen LogP contribution in [0.1, 0.15) is 15.9 Å². The van der Waals surface area contributed by atoms with E-state index in [1.54, 1.807) is 31.5 Å². The van der Waals surface area contributed by atoms with Crippen LogP contribution in [0, 0.1) is 0 Å². The van der Waals surface area contributed by atoms with E-state index in [9.17, 15) is 4.79 Å². The standard InChI is InChI=1S/C14H14BrN3O2/c1-20-13-3-2-9(4-12(13)16)6-18-14(19)10-5-11(15)8-17-7-10/h2-5,7-8H,6,16H2,1H3,(H,18,19). The fraction of sp³-hybridized carbons (Fsp3) is 0.143. The number of nitrogen functional groups attached to an aromatic ring is 1. The molecule has 5 nitrogen and oxygen atoms in total. The number of carbonyl (C=O) groups excluding carboxylic acids is 1. The highest BCUT2D eigenvalue weighted by atomic mass is 79.9. The second-order valence-corrected chi connectivity index (χ2v) is 5.07. The first-order valence-corrected chi connectivity index (χ1v) is 6.70. The summed E-state index contributed by atoms with van der Waals surface area (Å²) in [6.45, 7) is 0.388. The fourth-order valence-electron chi connectivity index (χ4n) is 1.71. The quantitative estimate of drug-likeness (QED) is 0.841. The van der Waals surface area contributed by atoms with Gasteiger partial charge in [-0.15, -0.1) is 0 Å². The van der Waals surface area contributed by atoms with Crippen molar-refractivity contribution in [3.63, 3.8) is 0 Å². The zero-order valence-corrected chi connectivity index (χ0v) is 12.5. The van der Waals surface area contributed by atoms with Crippen LogP contribution in [0.3, 0.4) is 0 Å². The molecule has 0 atom stereocenters. The molecule has 0 aliphatic carbocycles. The van der Waals surface area contributed by atoms with Crippen molar-refractivity contribution in [3.8, 4) is 5.75 Å². The molecule has 0 saturated carbocycles. The van der Waals surface area contributed by atoms with Crippen molar-refractivity contribution in [1.29, 1.82) is 0 Å². The molecule has 0 fully saturated rings. The molecule has 0 radical (unpaired) electrons. The topological polar surface area (TPSA) is 77.2 Å². The largest absolute Gasteiger partial charge is 0.495 e. The van der Waals surface area contributed by atoms with Gasteiger partial charge in [-0.05, 0) is 39.7 Å². The maximum Gasteiger partial charge on any atom is 0.253 e. The summed E-state index contributed by atoms with van der Waals surface area (Å²) in [6.07, 6.45) is 3.14. The summed E-state index contributed by atoms with van der Waals surface area (Å²) in [5.74, 6) is 0.435. The minimum atomic E-state index is -0.187. The van der Waals surface area contributed by atoms with Gasteiger partial charge in [0, 0.05) is 23.4 Å². The van der Waals surface area contributed by atoms with Crippen LogP contribution < -0.4 is 15.8 Å². The molecule has 0 unspecified atom stereocenters. The lowest BCUT2D eigenvalue weighted by Gasteiger charge is -2.08. The van der Waals surface area contributed by atoms with Gasteiger partial charge in [0.25, 0.3) is 5.91 Å². The molecule has 2 aromatic rings. The van der Waals surface area contributed by atoms with E-state index in [1.165, 1.54) is 6.20 Å². The number of ether oxygens (including phenoxy) is 1. The van der Waals surface area contributed by atoms with Crippen molar-refractivity contribution in [2.45, 2.75) is 6.54 Å². The van der Waals surface area contributed by atoms with Gasteiger partial charge in [-0.25, -0.2) is 0 Å². The van der Waals surface area contributed by atoms with Gasteiger partial charge in [0.15, 0.2) is 0 Å². The van der Waals surface area contributed by atoms with E-state index in [-0.39, 0.29) is 5.91 Å². The molecule has 0 spiro atoms. The highest BCUT2D eigenvalue weighted by Crippen LogP contribution is 2.21. The molecule has 0 aliphatic heterocycles. The summed E-state index contributed by atoms with van der Waals surface area (Å²) in [5, 5.41) is 2.81. The number of carbonyl (C=O) groups is 1. The van der Waals surface area contributed by atoms with Gasteiger partial charge in [0.1, 0.15) is 5.75 Å². The Morgan fingerprint density at radius 1 is 1.40 bits per heavy atom. The summed E-state index contributed by atoms with van der Waals surface area (Å²) in [4.78, 5) is 15.9. The Morgan fingerprint density at radius 2 is 2.20 bits per heavy atom. The SMILES string of the molecule is COc1ccc(CNC(=O)c2cncc(Br)c2)cc1N. The Labute approximate surface area is 125 Å². The summed E-state index contributed by atoms with van der Waals surface area (Å²) in [5.41, 5.74) is 7.76. The Hall–Kier alpha value is -2.08. The Morgan fingerprint density at radius 3 is 2.85 bits per heavy atom. The van der Waals surface area contributed by atoms with Crippen LogP contribution in [-0.2, 0) is 6.54 Å². The molecule has 1 aromatic carbocycles. The molecule has 1 heterocycles. The molecule has 0 saturated heterocycles. The minimum absolute atomic E-state index is 0.187. The van der Waals surface area contributed by atoms with Crippen LogP contribution >= 0.6 is 15.9 Å². The van der Waals surface area contributed by atoms with E-state index in [0.29, 0.717) is 23.5 Å². The van der Waals surface area contributed by atoms with E-state index in [2.05, 4.69) is 26.2 Å². The van der Waals surface area contributed by atoms with Gasteiger partial charge in [0.2, 0.25) is 0 Å². The number of nitrogens with one attached hydrogen (secondary N) is 1. The lowest BCUT2D eigenvalue weighted by atomic mass is 10.2. The first kappa shape index (κ1) is 14.3.